The van der Waals surface area contributed by atoms with Gasteiger partial charge in [0.1, 0.15) is 17.5 Å². The molecule has 0 spiro atoms. The molecule has 0 saturated carbocycles. The van der Waals surface area contributed by atoms with E-state index in [1.807, 2.05) is 0 Å². The average Bonchev–Trinajstić information content (AvgIpc) is 2.41. The van der Waals surface area contributed by atoms with E-state index in [4.69, 9.17) is 0 Å². The second kappa shape index (κ2) is 5.78. The Morgan fingerprint density at radius 1 is 1.00 bits per heavy atom. The molecule has 4 nitrogen and oxygen atoms in total. The summed E-state index contributed by atoms with van der Waals surface area (Å²) >= 11 is 0. The van der Waals surface area contributed by atoms with Crippen LogP contribution in [0.3, 0.4) is 0 Å². The molecule has 0 fully saturated rings. The number of halogens is 4. The Morgan fingerprint density at radius 3 is 2.38 bits per heavy atom. The van der Waals surface area contributed by atoms with E-state index in [9.17, 15) is 27.7 Å². The third-order valence-electron chi connectivity index (χ3n) is 2.71. The van der Waals surface area contributed by atoms with Gasteiger partial charge in [0.15, 0.2) is 0 Å². The molecule has 110 valence electrons. The van der Waals surface area contributed by atoms with E-state index in [0.29, 0.717) is 12.1 Å². The number of benzene rings is 2. The van der Waals surface area contributed by atoms with E-state index in [-0.39, 0.29) is 17.8 Å². The van der Waals surface area contributed by atoms with Crippen LogP contribution in [-0.2, 0) is 6.54 Å². The molecule has 2 aromatic rings. The number of nitro groups is 1. The molecule has 0 aliphatic carbocycles. The maximum Gasteiger partial charge on any atom is 0.305 e. The average molecular weight is 300 g/mol. The summed E-state index contributed by atoms with van der Waals surface area (Å²) in [5, 5.41) is 13.0. The van der Waals surface area contributed by atoms with Crippen LogP contribution in [0.25, 0.3) is 0 Å². The van der Waals surface area contributed by atoms with Crippen molar-refractivity contribution in [3.63, 3.8) is 0 Å². The highest BCUT2D eigenvalue weighted by Gasteiger charge is 2.18. The number of nitro benzene ring substituents is 1. The highest BCUT2D eigenvalue weighted by molar-refractivity contribution is 5.46. The Kier molecular flexibility index (Phi) is 4.06. The highest BCUT2D eigenvalue weighted by atomic mass is 19.1. The summed E-state index contributed by atoms with van der Waals surface area (Å²) < 4.78 is 53.0. The van der Waals surface area contributed by atoms with Crippen LogP contribution in [0.5, 0.6) is 0 Å². The summed E-state index contributed by atoms with van der Waals surface area (Å²) in [7, 11) is 0. The number of rotatable bonds is 4. The van der Waals surface area contributed by atoms with E-state index in [0.717, 1.165) is 18.2 Å². The predicted octanol–water partition coefficient (Wildman–Crippen LogP) is 3.76. The molecule has 0 amide bonds. The number of hydrogen-bond donors (Lipinski definition) is 1. The topological polar surface area (TPSA) is 55.2 Å². The van der Waals surface area contributed by atoms with Crippen molar-refractivity contribution in [3.05, 3.63) is 69.3 Å². The molecule has 8 heteroatoms. The molecular formula is C13H8F4N2O2. The zero-order valence-electron chi connectivity index (χ0n) is 10.4. The number of nitrogens with one attached hydrogen (secondary N) is 1. The molecular weight excluding hydrogens is 292 g/mol. The first-order chi connectivity index (χ1) is 9.88. The van der Waals surface area contributed by atoms with Crippen molar-refractivity contribution < 1.29 is 22.5 Å². The van der Waals surface area contributed by atoms with E-state index >= 15 is 0 Å². The maximum atomic E-state index is 13.5. The van der Waals surface area contributed by atoms with Crippen LogP contribution >= 0.6 is 0 Å². The van der Waals surface area contributed by atoms with Gasteiger partial charge in [0.25, 0.3) is 0 Å². The monoisotopic (exact) mass is 300 g/mol. The van der Waals surface area contributed by atoms with Crippen LogP contribution in [0.1, 0.15) is 5.56 Å². The van der Waals surface area contributed by atoms with Crippen LogP contribution in [0.4, 0.5) is 28.9 Å². The van der Waals surface area contributed by atoms with Crippen molar-refractivity contribution in [1.82, 2.24) is 0 Å². The third-order valence-corrected chi connectivity index (χ3v) is 2.71. The Labute approximate surface area is 116 Å². The molecule has 0 unspecified atom stereocenters. The van der Waals surface area contributed by atoms with Crippen molar-refractivity contribution in [3.8, 4) is 0 Å². The highest BCUT2D eigenvalue weighted by Crippen LogP contribution is 2.23. The minimum Gasteiger partial charge on any atom is -0.378 e. The Bertz CT molecular complexity index is 707. The molecule has 0 aromatic heterocycles. The van der Waals surface area contributed by atoms with Gasteiger partial charge in [0.05, 0.1) is 10.6 Å². The molecule has 2 rings (SSSR count). The number of anilines is 1. The van der Waals surface area contributed by atoms with Crippen molar-refractivity contribution in [2.24, 2.45) is 0 Å². The largest absolute Gasteiger partial charge is 0.378 e. The molecule has 0 atom stereocenters. The predicted molar refractivity (Wildman–Crippen MR) is 66.7 cm³/mol. The summed E-state index contributed by atoms with van der Waals surface area (Å²) in [6.07, 6.45) is 0. The van der Waals surface area contributed by atoms with E-state index < -0.39 is 33.9 Å². The molecule has 0 aliphatic rings. The number of nitrogens with zero attached hydrogens (tertiary/aromatic N) is 1. The van der Waals surface area contributed by atoms with Crippen molar-refractivity contribution in [2.45, 2.75) is 6.54 Å². The summed E-state index contributed by atoms with van der Waals surface area (Å²) in [6, 6.07) is 3.71. The first kappa shape index (κ1) is 14.8. The van der Waals surface area contributed by atoms with E-state index in [2.05, 4.69) is 5.32 Å². The fourth-order valence-electron chi connectivity index (χ4n) is 1.68. The Morgan fingerprint density at radius 2 is 1.71 bits per heavy atom. The molecule has 2 aromatic carbocycles. The fourth-order valence-corrected chi connectivity index (χ4v) is 1.68. The van der Waals surface area contributed by atoms with Crippen LogP contribution in [0.15, 0.2) is 30.3 Å². The van der Waals surface area contributed by atoms with Gasteiger partial charge in [-0.25, -0.2) is 13.2 Å². The number of hydrogen-bond acceptors (Lipinski definition) is 3. The van der Waals surface area contributed by atoms with Gasteiger partial charge < -0.3 is 5.32 Å². The van der Waals surface area contributed by atoms with Gasteiger partial charge >= 0.3 is 5.69 Å². The summed E-state index contributed by atoms with van der Waals surface area (Å²) in [4.78, 5) is 9.57. The van der Waals surface area contributed by atoms with Crippen LogP contribution < -0.4 is 5.32 Å². The molecule has 0 heterocycles. The summed E-state index contributed by atoms with van der Waals surface area (Å²) in [6.45, 7) is -0.368. The minimum absolute atomic E-state index is 0.235. The van der Waals surface area contributed by atoms with Gasteiger partial charge in [0, 0.05) is 24.2 Å². The Balaban J connectivity index is 2.25. The van der Waals surface area contributed by atoms with Crippen molar-refractivity contribution >= 4 is 11.4 Å². The lowest BCUT2D eigenvalue weighted by atomic mass is 10.1. The van der Waals surface area contributed by atoms with E-state index in [1.165, 1.54) is 0 Å². The summed E-state index contributed by atoms with van der Waals surface area (Å²) in [5.74, 6) is -3.81. The third kappa shape index (κ3) is 3.28. The lowest BCUT2D eigenvalue weighted by molar-refractivity contribution is -0.387. The molecule has 0 bridgehead atoms. The van der Waals surface area contributed by atoms with Crippen LogP contribution in [0.2, 0.25) is 0 Å². The normalized spacial score (nSPS) is 10.5. The van der Waals surface area contributed by atoms with Crippen molar-refractivity contribution in [1.29, 1.82) is 0 Å². The first-order valence-electron chi connectivity index (χ1n) is 5.69. The lowest BCUT2D eigenvalue weighted by Gasteiger charge is -2.09. The lowest BCUT2D eigenvalue weighted by Crippen LogP contribution is -2.06. The second-order valence-corrected chi connectivity index (χ2v) is 4.13. The van der Waals surface area contributed by atoms with Crippen molar-refractivity contribution in [2.75, 3.05) is 5.32 Å². The molecule has 1 N–H and O–H groups in total. The fraction of sp³-hybridized carbons (Fsp3) is 0.0769. The smallest absolute Gasteiger partial charge is 0.305 e. The quantitative estimate of drug-likeness (QED) is 0.531. The standard InChI is InChI=1S/C13H8F4N2O2/c14-8-1-2-9(15)12(4-8)18-6-7-3-13(19(20)21)11(17)5-10(7)16/h1-5,18H,6H2. The minimum atomic E-state index is -1.31. The van der Waals surface area contributed by atoms with Gasteiger partial charge in [-0.1, -0.05) is 0 Å². The van der Waals surface area contributed by atoms with Gasteiger partial charge in [-0.15, -0.1) is 0 Å². The molecule has 0 radical (unpaired) electrons. The van der Waals surface area contributed by atoms with Crippen LogP contribution in [-0.4, -0.2) is 4.92 Å². The van der Waals surface area contributed by atoms with Gasteiger partial charge in [-0.2, -0.15) is 4.39 Å². The zero-order valence-corrected chi connectivity index (χ0v) is 10.4. The molecule has 21 heavy (non-hydrogen) atoms. The zero-order chi connectivity index (χ0) is 15.6. The SMILES string of the molecule is O=[N+]([O-])c1cc(CNc2cc(F)ccc2F)c(F)cc1F. The van der Waals surface area contributed by atoms with E-state index in [1.54, 1.807) is 0 Å². The first-order valence-corrected chi connectivity index (χ1v) is 5.69. The van der Waals surface area contributed by atoms with Crippen LogP contribution in [0, 0.1) is 33.4 Å². The molecule has 0 saturated heterocycles. The van der Waals surface area contributed by atoms with Gasteiger partial charge in [-0.05, 0) is 18.2 Å². The second-order valence-electron chi connectivity index (χ2n) is 4.13. The molecule has 0 aliphatic heterocycles. The Hall–Kier alpha value is -2.64. The summed E-state index contributed by atoms with van der Waals surface area (Å²) in [5.41, 5.74) is -1.37. The maximum absolute atomic E-state index is 13.5. The van der Waals surface area contributed by atoms with Gasteiger partial charge in [0.2, 0.25) is 5.82 Å². The van der Waals surface area contributed by atoms with Gasteiger partial charge in [-0.3, -0.25) is 10.1 Å².